The number of nitrogens with zero attached hydrogens (tertiary/aromatic N) is 1. The third kappa shape index (κ3) is 1.56. The van der Waals surface area contributed by atoms with Gasteiger partial charge >= 0.3 is 0 Å². The zero-order valence-corrected chi connectivity index (χ0v) is 7.97. The quantitative estimate of drug-likeness (QED) is 0.539. The Morgan fingerprint density at radius 1 is 1.06 bits per heavy atom. The minimum absolute atomic E-state index is 0.000548. The Labute approximate surface area is 88.5 Å². The summed E-state index contributed by atoms with van der Waals surface area (Å²) in [6.07, 6.45) is -0.000548. The van der Waals surface area contributed by atoms with Crippen molar-refractivity contribution in [2.24, 2.45) is 0 Å². The molecule has 1 fully saturated rings. The summed E-state index contributed by atoms with van der Waals surface area (Å²) in [5, 5.41) is 0. The van der Waals surface area contributed by atoms with E-state index in [1.807, 2.05) is 0 Å². The maximum Gasteiger partial charge on any atom is 0.294 e. The van der Waals surface area contributed by atoms with Crippen LogP contribution in [0.1, 0.15) is 6.42 Å². The fraction of sp³-hybridized carbons (Fsp3) is 0.200. The number of carbonyl (C=O) groups excluding carboxylic acids is 2. The fourth-order valence-corrected chi connectivity index (χ4v) is 1.52. The van der Waals surface area contributed by atoms with Crippen molar-refractivity contribution in [3.8, 4) is 0 Å². The highest BCUT2D eigenvalue weighted by Gasteiger charge is 2.31. The minimum atomic E-state index is -1.60. The Morgan fingerprint density at radius 2 is 1.62 bits per heavy atom. The minimum Gasteiger partial charge on any atom is -0.305 e. The van der Waals surface area contributed by atoms with Gasteiger partial charge in [-0.3, -0.25) is 9.59 Å². The molecule has 1 amide bonds. The van der Waals surface area contributed by atoms with E-state index in [0.29, 0.717) is 12.1 Å². The van der Waals surface area contributed by atoms with E-state index in [1.165, 1.54) is 0 Å². The van der Waals surface area contributed by atoms with Crippen LogP contribution < -0.4 is 4.90 Å². The van der Waals surface area contributed by atoms with Crippen molar-refractivity contribution in [3.63, 3.8) is 0 Å². The number of hydrogen-bond acceptors (Lipinski definition) is 2. The van der Waals surface area contributed by atoms with Crippen molar-refractivity contribution in [2.45, 2.75) is 6.42 Å². The van der Waals surface area contributed by atoms with E-state index in [-0.39, 0.29) is 18.7 Å². The van der Waals surface area contributed by atoms with Gasteiger partial charge in [0.2, 0.25) is 5.78 Å². The van der Waals surface area contributed by atoms with Gasteiger partial charge < -0.3 is 4.90 Å². The fourth-order valence-electron chi connectivity index (χ4n) is 1.52. The van der Waals surface area contributed by atoms with Crippen LogP contribution in [-0.4, -0.2) is 18.2 Å². The number of rotatable bonds is 1. The Kier molecular flexibility index (Phi) is 2.41. The third-order valence-electron chi connectivity index (χ3n) is 2.33. The summed E-state index contributed by atoms with van der Waals surface area (Å²) in [4.78, 5) is 23.1. The van der Waals surface area contributed by atoms with E-state index in [4.69, 9.17) is 0 Å². The maximum absolute atomic E-state index is 12.9. The topological polar surface area (TPSA) is 37.4 Å². The maximum atomic E-state index is 12.9. The van der Waals surface area contributed by atoms with E-state index in [2.05, 4.69) is 0 Å². The van der Waals surface area contributed by atoms with Crippen molar-refractivity contribution in [1.29, 1.82) is 0 Å². The largest absolute Gasteiger partial charge is 0.305 e. The van der Waals surface area contributed by atoms with E-state index in [0.717, 1.165) is 4.90 Å². The molecule has 84 valence electrons. The Morgan fingerprint density at radius 3 is 2.06 bits per heavy atom. The van der Waals surface area contributed by atoms with Crippen LogP contribution in [0, 0.1) is 17.5 Å². The number of anilines is 1. The van der Waals surface area contributed by atoms with Crippen LogP contribution in [0.4, 0.5) is 18.9 Å². The summed E-state index contributed by atoms with van der Waals surface area (Å²) in [6, 6.07) is 1.38. The van der Waals surface area contributed by atoms with Crippen LogP contribution >= 0.6 is 0 Å². The molecule has 0 unspecified atom stereocenters. The molecule has 0 bridgehead atoms. The molecule has 2 rings (SSSR count). The molecule has 1 aromatic rings. The smallest absolute Gasteiger partial charge is 0.294 e. The van der Waals surface area contributed by atoms with Crippen molar-refractivity contribution in [3.05, 3.63) is 29.6 Å². The van der Waals surface area contributed by atoms with Crippen LogP contribution in [0.2, 0.25) is 0 Å². The van der Waals surface area contributed by atoms with Crippen molar-refractivity contribution in [1.82, 2.24) is 0 Å². The number of ketones is 1. The summed E-state index contributed by atoms with van der Waals surface area (Å²) in [5.74, 6) is -5.82. The lowest BCUT2D eigenvalue weighted by Crippen LogP contribution is -2.27. The zero-order chi connectivity index (χ0) is 11.9. The van der Waals surface area contributed by atoms with Gasteiger partial charge in [-0.05, 0) is 0 Å². The van der Waals surface area contributed by atoms with E-state index < -0.39 is 29.1 Å². The molecule has 0 aliphatic carbocycles. The number of hydrogen-bond donors (Lipinski definition) is 0. The molecule has 0 saturated carbocycles. The zero-order valence-electron chi connectivity index (χ0n) is 7.97. The van der Waals surface area contributed by atoms with Crippen LogP contribution in [-0.2, 0) is 9.59 Å². The molecule has 1 aliphatic rings. The third-order valence-corrected chi connectivity index (χ3v) is 2.33. The average molecular weight is 229 g/mol. The highest BCUT2D eigenvalue weighted by atomic mass is 19.2. The molecule has 0 radical (unpaired) electrons. The SMILES string of the molecule is O=C1CCN(c2cc(F)c(F)c(F)c2)C1=O. The summed E-state index contributed by atoms with van der Waals surface area (Å²) in [5.41, 5.74) is -0.146. The van der Waals surface area contributed by atoms with E-state index >= 15 is 0 Å². The average Bonchev–Trinajstić information content (AvgIpc) is 2.56. The lowest BCUT2D eigenvalue weighted by molar-refractivity contribution is -0.133. The first-order valence-electron chi connectivity index (χ1n) is 4.50. The van der Waals surface area contributed by atoms with Gasteiger partial charge in [-0.25, -0.2) is 13.2 Å². The van der Waals surface area contributed by atoms with E-state index in [9.17, 15) is 22.8 Å². The van der Waals surface area contributed by atoms with Crippen molar-refractivity contribution >= 4 is 17.4 Å². The molecule has 1 heterocycles. The normalized spacial score (nSPS) is 16.1. The molecular weight excluding hydrogens is 223 g/mol. The van der Waals surface area contributed by atoms with Gasteiger partial charge in [0.1, 0.15) is 0 Å². The predicted molar refractivity (Wildman–Crippen MR) is 48.3 cm³/mol. The highest BCUT2D eigenvalue weighted by Crippen LogP contribution is 2.24. The first-order chi connectivity index (χ1) is 7.50. The van der Waals surface area contributed by atoms with Gasteiger partial charge in [0.05, 0.1) is 5.69 Å². The summed E-state index contributed by atoms with van der Waals surface area (Å²) in [7, 11) is 0. The Hall–Kier alpha value is -1.85. The second-order valence-electron chi connectivity index (χ2n) is 3.35. The van der Waals surface area contributed by atoms with Gasteiger partial charge in [-0.2, -0.15) is 0 Å². The monoisotopic (exact) mass is 229 g/mol. The van der Waals surface area contributed by atoms with Gasteiger partial charge in [-0.15, -0.1) is 0 Å². The van der Waals surface area contributed by atoms with E-state index in [1.54, 1.807) is 0 Å². The van der Waals surface area contributed by atoms with Crippen molar-refractivity contribution < 1.29 is 22.8 Å². The summed E-state index contributed by atoms with van der Waals surface area (Å²) >= 11 is 0. The van der Waals surface area contributed by atoms with Crippen molar-refractivity contribution in [2.75, 3.05) is 11.4 Å². The second-order valence-corrected chi connectivity index (χ2v) is 3.35. The molecule has 3 nitrogen and oxygen atoms in total. The highest BCUT2D eigenvalue weighted by molar-refractivity contribution is 6.43. The molecule has 1 saturated heterocycles. The molecule has 0 N–H and O–H groups in total. The molecule has 0 atom stereocenters. The molecule has 0 spiro atoms. The molecular formula is C10H6F3NO2. The summed E-state index contributed by atoms with van der Waals surface area (Å²) in [6.45, 7) is 0.0577. The number of benzene rings is 1. The predicted octanol–water partition coefficient (Wildman–Crippen LogP) is 1.41. The van der Waals surface area contributed by atoms with Gasteiger partial charge in [-0.1, -0.05) is 0 Å². The summed E-state index contributed by atoms with van der Waals surface area (Å²) < 4.78 is 38.4. The van der Waals surface area contributed by atoms with Crippen LogP contribution in [0.25, 0.3) is 0 Å². The first-order valence-corrected chi connectivity index (χ1v) is 4.50. The number of Topliss-reactive ketones (excluding diaryl/α,β-unsaturated/α-hetero) is 1. The first kappa shape index (κ1) is 10.7. The molecule has 16 heavy (non-hydrogen) atoms. The molecule has 1 aliphatic heterocycles. The Bertz CT molecular complexity index is 464. The van der Waals surface area contributed by atoms with Crippen LogP contribution in [0.15, 0.2) is 12.1 Å². The lowest BCUT2D eigenvalue weighted by Gasteiger charge is -2.14. The Balaban J connectivity index is 2.42. The van der Waals surface area contributed by atoms with Crippen LogP contribution in [0.3, 0.4) is 0 Å². The molecule has 1 aromatic carbocycles. The van der Waals surface area contributed by atoms with Crippen LogP contribution in [0.5, 0.6) is 0 Å². The second kappa shape index (κ2) is 3.62. The molecule has 6 heteroatoms. The van der Waals surface area contributed by atoms with Gasteiger partial charge in [0, 0.05) is 25.1 Å². The number of halogens is 3. The van der Waals surface area contributed by atoms with Gasteiger partial charge in [0.15, 0.2) is 17.5 Å². The standard InChI is InChI=1S/C10H6F3NO2/c11-6-3-5(4-7(12)9(6)13)14-2-1-8(15)10(14)16/h3-4H,1-2H2. The van der Waals surface area contributed by atoms with Gasteiger partial charge in [0.25, 0.3) is 5.91 Å². The molecule has 0 aromatic heterocycles. The number of amides is 1. The number of carbonyl (C=O) groups is 2. The lowest BCUT2D eigenvalue weighted by atomic mass is 10.2.